The van der Waals surface area contributed by atoms with E-state index in [1.807, 2.05) is 19.1 Å². The van der Waals surface area contributed by atoms with Crippen molar-refractivity contribution in [2.24, 2.45) is 5.92 Å². The Balaban J connectivity index is 1.69. The molecule has 2 aliphatic heterocycles. The third-order valence-electron chi connectivity index (χ3n) is 7.55. The Kier molecular flexibility index (Phi) is 11.3. The van der Waals surface area contributed by atoms with E-state index < -0.39 is 17.7 Å². The van der Waals surface area contributed by atoms with Crippen LogP contribution in [-0.4, -0.2) is 86.3 Å². The first-order chi connectivity index (χ1) is 20.3. The molecule has 9 nitrogen and oxygen atoms in total. The van der Waals surface area contributed by atoms with E-state index in [1.165, 1.54) is 0 Å². The molecule has 42 heavy (non-hydrogen) atoms. The van der Waals surface area contributed by atoms with Gasteiger partial charge in [-0.05, 0) is 55.0 Å². The number of methoxy groups -OCH3 is 1. The lowest BCUT2D eigenvalue weighted by Gasteiger charge is -2.29. The topological polar surface area (TPSA) is 97.8 Å². The number of benzene rings is 2. The number of Topliss-reactive ketones (excluding diaryl/α,β-unsaturated/α-hetero) is 1. The molecule has 0 bridgehead atoms. The van der Waals surface area contributed by atoms with Gasteiger partial charge in [0, 0.05) is 31.7 Å². The lowest BCUT2D eigenvalue weighted by atomic mass is 9.95. The van der Waals surface area contributed by atoms with E-state index in [-0.39, 0.29) is 11.3 Å². The fourth-order valence-corrected chi connectivity index (χ4v) is 5.23. The van der Waals surface area contributed by atoms with Crippen LogP contribution in [0.3, 0.4) is 0 Å². The Morgan fingerprint density at radius 3 is 2.52 bits per heavy atom. The summed E-state index contributed by atoms with van der Waals surface area (Å²) in [4.78, 5) is 30.9. The van der Waals surface area contributed by atoms with E-state index in [0.717, 1.165) is 32.5 Å². The van der Waals surface area contributed by atoms with Crippen molar-refractivity contribution in [3.63, 3.8) is 0 Å². The van der Waals surface area contributed by atoms with Crippen molar-refractivity contribution in [1.82, 2.24) is 9.80 Å². The number of amides is 1. The summed E-state index contributed by atoms with van der Waals surface area (Å²) in [7, 11) is 1.56. The SMILES string of the molecule is CCCOc1cccc(C(O)=C2C(=O)C(=O)N(CCCN3CCOCC3)C2c2ccc(OCCC(C)C)c(OC)c2)c1. The number of rotatable bonds is 14. The maximum Gasteiger partial charge on any atom is 0.295 e. The number of morpholine rings is 1. The molecule has 1 amide bonds. The van der Waals surface area contributed by atoms with Crippen LogP contribution in [0, 0.1) is 5.92 Å². The zero-order valence-electron chi connectivity index (χ0n) is 25.3. The first kappa shape index (κ1) is 31.4. The maximum absolute atomic E-state index is 13.5. The highest BCUT2D eigenvalue weighted by Gasteiger charge is 2.46. The number of likely N-dealkylation sites (tertiary alicyclic amines) is 1. The van der Waals surface area contributed by atoms with Gasteiger partial charge in [0.05, 0.1) is 45.2 Å². The quantitative estimate of drug-likeness (QED) is 0.188. The van der Waals surface area contributed by atoms with Crippen molar-refractivity contribution in [1.29, 1.82) is 0 Å². The zero-order valence-corrected chi connectivity index (χ0v) is 25.3. The minimum Gasteiger partial charge on any atom is -0.507 e. The summed E-state index contributed by atoms with van der Waals surface area (Å²) in [5, 5.41) is 11.5. The molecule has 9 heteroatoms. The first-order valence-corrected chi connectivity index (χ1v) is 15.0. The standard InChI is InChI=1S/C33H44N2O7/c1-5-17-41-26-9-6-8-25(21-26)31(36)29-30(24-10-11-27(28(22-24)39-4)42-18-12-23(2)3)35(33(38)32(29)37)14-7-13-34-15-19-40-20-16-34/h6,8-11,21-23,30,36H,5,7,12-20H2,1-4H3. The molecule has 2 aromatic carbocycles. The number of nitrogens with zero attached hydrogens (tertiary/aromatic N) is 2. The number of hydrogen-bond acceptors (Lipinski definition) is 8. The van der Waals surface area contributed by atoms with Crippen LogP contribution >= 0.6 is 0 Å². The fraction of sp³-hybridized carbons (Fsp3) is 0.515. The van der Waals surface area contributed by atoms with Crippen LogP contribution in [0.25, 0.3) is 5.76 Å². The van der Waals surface area contributed by atoms with Gasteiger partial charge < -0.3 is 29.0 Å². The van der Waals surface area contributed by atoms with Gasteiger partial charge in [0.15, 0.2) is 11.5 Å². The van der Waals surface area contributed by atoms with Gasteiger partial charge in [0.25, 0.3) is 11.7 Å². The monoisotopic (exact) mass is 580 g/mol. The van der Waals surface area contributed by atoms with Gasteiger partial charge in [-0.25, -0.2) is 0 Å². The third kappa shape index (κ3) is 7.63. The van der Waals surface area contributed by atoms with Crippen molar-refractivity contribution >= 4 is 17.4 Å². The Morgan fingerprint density at radius 2 is 1.81 bits per heavy atom. The third-order valence-corrected chi connectivity index (χ3v) is 7.55. The lowest BCUT2D eigenvalue weighted by Crippen LogP contribution is -2.39. The highest BCUT2D eigenvalue weighted by atomic mass is 16.5. The van der Waals surface area contributed by atoms with E-state index in [9.17, 15) is 14.7 Å². The Labute approximate surface area is 249 Å². The van der Waals surface area contributed by atoms with Crippen molar-refractivity contribution in [2.45, 2.75) is 46.1 Å². The highest BCUT2D eigenvalue weighted by molar-refractivity contribution is 6.46. The first-order valence-electron chi connectivity index (χ1n) is 15.0. The van der Waals surface area contributed by atoms with Gasteiger partial charge in [0.2, 0.25) is 0 Å². The normalized spacial score (nSPS) is 19.0. The molecule has 0 aromatic heterocycles. The molecule has 0 saturated carbocycles. The molecule has 1 atom stereocenters. The van der Waals surface area contributed by atoms with Crippen LogP contribution in [0.15, 0.2) is 48.0 Å². The van der Waals surface area contributed by atoms with Gasteiger partial charge >= 0.3 is 0 Å². The van der Waals surface area contributed by atoms with Crippen LogP contribution < -0.4 is 14.2 Å². The summed E-state index contributed by atoms with van der Waals surface area (Å²) in [5.74, 6) is 0.613. The molecule has 0 radical (unpaired) electrons. The second kappa shape index (κ2) is 15.1. The number of aliphatic hydroxyl groups is 1. The van der Waals surface area contributed by atoms with Crippen molar-refractivity contribution < 1.29 is 33.6 Å². The van der Waals surface area contributed by atoms with Crippen LogP contribution in [0.2, 0.25) is 0 Å². The van der Waals surface area contributed by atoms with Gasteiger partial charge in [-0.3, -0.25) is 14.5 Å². The van der Waals surface area contributed by atoms with Gasteiger partial charge in [0.1, 0.15) is 11.5 Å². The van der Waals surface area contributed by atoms with Gasteiger partial charge in [-0.2, -0.15) is 0 Å². The Hall–Kier alpha value is -3.56. The second-order valence-corrected chi connectivity index (χ2v) is 11.1. The molecule has 4 rings (SSSR count). The van der Waals surface area contributed by atoms with E-state index >= 15 is 0 Å². The number of ketones is 1. The predicted octanol–water partition coefficient (Wildman–Crippen LogP) is 5.05. The molecule has 2 saturated heterocycles. The number of aliphatic hydroxyl groups excluding tert-OH is 1. The number of hydrogen-bond donors (Lipinski definition) is 1. The molecular formula is C33H44N2O7. The van der Waals surface area contributed by atoms with Crippen LogP contribution in [0.5, 0.6) is 17.2 Å². The van der Waals surface area contributed by atoms with Gasteiger partial charge in [-0.15, -0.1) is 0 Å². The zero-order chi connectivity index (χ0) is 30.1. The fourth-order valence-electron chi connectivity index (χ4n) is 5.23. The summed E-state index contributed by atoms with van der Waals surface area (Å²) >= 11 is 0. The van der Waals surface area contributed by atoms with Gasteiger partial charge in [-0.1, -0.05) is 39.0 Å². The number of carbonyl (C=O) groups is 2. The molecule has 0 aliphatic carbocycles. The van der Waals surface area contributed by atoms with E-state index in [1.54, 1.807) is 42.3 Å². The van der Waals surface area contributed by atoms with Crippen LogP contribution in [0.1, 0.15) is 57.2 Å². The van der Waals surface area contributed by atoms with Crippen LogP contribution in [0.4, 0.5) is 0 Å². The lowest BCUT2D eigenvalue weighted by molar-refractivity contribution is -0.140. The summed E-state index contributed by atoms with van der Waals surface area (Å²) in [6.45, 7) is 11.6. The van der Waals surface area contributed by atoms with Crippen molar-refractivity contribution in [2.75, 3.05) is 59.7 Å². The Bertz CT molecular complexity index is 1250. The molecule has 228 valence electrons. The van der Waals surface area contributed by atoms with E-state index in [2.05, 4.69) is 18.7 Å². The molecule has 2 fully saturated rings. The molecule has 2 heterocycles. The maximum atomic E-state index is 13.5. The minimum absolute atomic E-state index is 0.0505. The molecule has 2 aromatic rings. The average Bonchev–Trinajstić information content (AvgIpc) is 3.25. The second-order valence-electron chi connectivity index (χ2n) is 11.1. The minimum atomic E-state index is -0.784. The molecule has 2 aliphatic rings. The summed E-state index contributed by atoms with van der Waals surface area (Å²) in [5.41, 5.74) is 1.13. The summed E-state index contributed by atoms with van der Waals surface area (Å²) in [6, 6.07) is 11.6. The van der Waals surface area contributed by atoms with Crippen molar-refractivity contribution in [3.05, 3.63) is 59.2 Å². The van der Waals surface area contributed by atoms with Crippen molar-refractivity contribution in [3.8, 4) is 17.2 Å². The predicted molar refractivity (Wildman–Crippen MR) is 161 cm³/mol. The van der Waals surface area contributed by atoms with E-state index in [4.69, 9.17) is 18.9 Å². The molecule has 1 unspecified atom stereocenters. The van der Waals surface area contributed by atoms with E-state index in [0.29, 0.717) is 73.7 Å². The molecule has 1 N–H and O–H groups in total. The average molecular weight is 581 g/mol. The number of ether oxygens (including phenoxy) is 4. The molecular weight excluding hydrogens is 536 g/mol. The smallest absolute Gasteiger partial charge is 0.295 e. The summed E-state index contributed by atoms with van der Waals surface area (Å²) in [6.07, 6.45) is 2.41. The Morgan fingerprint density at radius 1 is 1.02 bits per heavy atom. The summed E-state index contributed by atoms with van der Waals surface area (Å²) < 4.78 is 22.8. The van der Waals surface area contributed by atoms with Crippen LogP contribution in [-0.2, 0) is 14.3 Å². The molecule has 0 spiro atoms. The highest BCUT2D eigenvalue weighted by Crippen LogP contribution is 2.42. The largest absolute Gasteiger partial charge is 0.507 e. The number of carbonyl (C=O) groups excluding carboxylic acids is 2.